The molecule has 0 unspecified atom stereocenters. The molecule has 0 bridgehead atoms. The van der Waals surface area contributed by atoms with E-state index in [0.29, 0.717) is 16.3 Å². The van der Waals surface area contributed by atoms with Gasteiger partial charge >= 0.3 is 5.69 Å². The van der Waals surface area contributed by atoms with Gasteiger partial charge in [-0.2, -0.15) is 5.10 Å². The van der Waals surface area contributed by atoms with Gasteiger partial charge in [0.15, 0.2) is 5.75 Å². The van der Waals surface area contributed by atoms with E-state index in [0.717, 1.165) is 16.7 Å². The first kappa shape index (κ1) is 22.1. The maximum absolute atomic E-state index is 11.7. The molecule has 0 aromatic heterocycles. The Morgan fingerprint density at radius 2 is 1.87 bits per heavy atom. The quantitative estimate of drug-likeness (QED) is 0.268. The van der Waals surface area contributed by atoms with Gasteiger partial charge in [0.1, 0.15) is 6.61 Å². The Bertz CT molecular complexity index is 1110. The lowest BCUT2D eigenvalue weighted by Gasteiger charge is -2.12. The number of nitrogens with one attached hydrogen (secondary N) is 1. The molecule has 0 aliphatic heterocycles. The molecule has 0 saturated carbocycles. The Morgan fingerprint density at radius 3 is 2.52 bits per heavy atom. The van der Waals surface area contributed by atoms with Gasteiger partial charge in [-0.3, -0.25) is 15.5 Å². The third kappa shape index (κ3) is 5.73. The molecule has 3 rings (SSSR count). The first-order valence-corrected chi connectivity index (χ1v) is 9.85. The highest BCUT2D eigenvalue weighted by Gasteiger charge is 2.22. The molecule has 0 saturated heterocycles. The highest BCUT2D eigenvalue weighted by atomic mass is 35.5. The summed E-state index contributed by atoms with van der Waals surface area (Å²) in [6.45, 7) is 4.07. The number of methoxy groups -OCH3 is 1. The number of nitro benzene ring substituents is 1. The zero-order valence-electron chi connectivity index (χ0n) is 17.4. The topological polar surface area (TPSA) is 86.0 Å². The van der Waals surface area contributed by atoms with Crippen LogP contribution < -0.4 is 14.9 Å². The van der Waals surface area contributed by atoms with E-state index in [9.17, 15) is 10.1 Å². The minimum Gasteiger partial charge on any atom is -0.493 e. The van der Waals surface area contributed by atoms with E-state index in [4.69, 9.17) is 21.1 Å². The molecule has 0 aliphatic rings. The van der Waals surface area contributed by atoms with Gasteiger partial charge < -0.3 is 9.47 Å². The van der Waals surface area contributed by atoms with Crippen LogP contribution in [0.4, 0.5) is 11.4 Å². The lowest BCUT2D eigenvalue weighted by Crippen LogP contribution is -2.03. The minimum absolute atomic E-state index is 0.0727. The second kappa shape index (κ2) is 9.95. The third-order valence-electron chi connectivity index (χ3n) is 4.56. The Labute approximate surface area is 185 Å². The predicted molar refractivity (Wildman–Crippen MR) is 123 cm³/mol. The number of rotatable bonds is 8. The van der Waals surface area contributed by atoms with E-state index in [1.54, 1.807) is 12.1 Å². The molecular formula is C23H22ClN3O4. The van der Waals surface area contributed by atoms with Crippen LogP contribution in [0.15, 0.2) is 59.7 Å². The van der Waals surface area contributed by atoms with Crippen molar-refractivity contribution in [2.24, 2.45) is 5.10 Å². The fourth-order valence-electron chi connectivity index (χ4n) is 2.80. The zero-order chi connectivity index (χ0) is 22.4. The van der Waals surface area contributed by atoms with Gasteiger partial charge in [0.25, 0.3) is 0 Å². The average Bonchev–Trinajstić information content (AvgIpc) is 2.75. The van der Waals surface area contributed by atoms with E-state index >= 15 is 0 Å². The molecule has 0 fully saturated rings. The van der Waals surface area contributed by atoms with Crippen LogP contribution in [0.25, 0.3) is 0 Å². The van der Waals surface area contributed by atoms with Gasteiger partial charge in [-0.25, -0.2) is 0 Å². The van der Waals surface area contributed by atoms with E-state index < -0.39 is 4.92 Å². The molecule has 0 spiro atoms. The molecule has 0 aliphatic carbocycles. The number of halogens is 1. The Hall–Kier alpha value is -3.58. The van der Waals surface area contributed by atoms with Gasteiger partial charge in [-0.05, 0) is 43.2 Å². The largest absolute Gasteiger partial charge is 0.493 e. The Morgan fingerprint density at radius 1 is 1.13 bits per heavy atom. The monoisotopic (exact) mass is 439 g/mol. The Balaban J connectivity index is 1.82. The second-order valence-corrected chi connectivity index (χ2v) is 7.34. The summed E-state index contributed by atoms with van der Waals surface area (Å²) < 4.78 is 11.1. The summed E-state index contributed by atoms with van der Waals surface area (Å²) >= 11 is 6.11. The Kier molecular flexibility index (Phi) is 7.10. The second-order valence-electron chi connectivity index (χ2n) is 6.94. The van der Waals surface area contributed by atoms with Crippen LogP contribution in [0.5, 0.6) is 11.5 Å². The predicted octanol–water partition coefficient (Wildman–Crippen LogP) is 5.90. The lowest BCUT2D eigenvalue weighted by molar-refractivity contribution is -0.386. The standard InChI is InChI=1S/C23H22ClN3O4/c1-15-4-7-17(8-5-15)14-31-23-21(27(28)29)10-18(11-22(23)30-3)13-25-26-19-9-6-16(2)20(24)12-19/h4-13,26H,14H2,1-3H3/b25-13+. The fourth-order valence-corrected chi connectivity index (χ4v) is 2.98. The minimum atomic E-state index is -0.502. The number of ether oxygens (including phenoxy) is 2. The summed E-state index contributed by atoms with van der Waals surface area (Å²) in [4.78, 5) is 11.2. The molecule has 0 atom stereocenters. The van der Waals surface area contributed by atoms with E-state index in [-0.39, 0.29) is 23.8 Å². The summed E-state index contributed by atoms with van der Waals surface area (Å²) in [5.74, 6) is 0.324. The number of hydrazone groups is 1. The fraction of sp³-hybridized carbons (Fsp3) is 0.174. The number of hydrogen-bond acceptors (Lipinski definition) is 6. The third-order valence-corrected chi connectivity index (χ3v) is 4.96. The van der Waals surface area contributed by atoms with Gasteiger partial charge in [0.05, 0.1) is 23.9 Å². The molecule has 31 heavy (non-hydrogen) atoms. The zero-order valence-corrected chi connectivity index (χ0v) is 18.1. The van der Waals surface area contributed by atoms with Crippen LogP contribution in [0.1, 0.15) is 22.3 Å². The van der Waals surface area contributed by atoms with Gasteiger partial charge in [0, 0.05) is 16.7 Å². The van der Waals surface area contributed by atoms with Crippen LogP contribution in [0.2, 0.25) is 5.02 Å². The van der Waals surface area contributed by atoms with Crippen LogP contribution in [-0.4, -0.2) is 18.2 Å². The maximum atomic E-state index is 11.7. The van der Waals surface area contributed by atoms with Crippen molar-refractivity contribution >= 4 is 29.2 Å². The first-order chi connectivity index (χ1) is 14.9. The van der Waals surface area contributed by atoms with Crippen molar-refractivity contribution in [1.82, 2.24) is 0 Å². The van der Waals surface area contributed by atoms with Crippen LogP contribution in [0.3, 0.4) is 0 Å². The summed E-state index contributed by atoms with van der Waals surface area (Å²) in [6.07, 6.45) is 1.47. The summed E-state index contributed by atoms with van der Waals surface area (Å²) in [7, 11) is 1.44. The highest BCUT2D eigenvalue weighted by molar-refractivity contribution is 6.31. The highest BCUT2D eigenvalue weighted by Crippen LogP contribution is 2.38. The number of aryl methyl sites for hydroxylation is 2. The molecule has 0 heterocycles. The number of hydrogen-bond donors (Lipinski definition) is 1. The maximum Gasteiger partial charge on any atom is 0.315 e. The van der Waals surface area contributed by atoms with Crippen molar-refractivity contribution in [3.05, 3.63) is 92.0 Å². The van der Waals surface area contributed by atoms with Crippen molar-refractivity contribution in [3.63, 3.8) is 0 Å². The summed E-state index contributed by atoms with van der Waals surface area (Å²) in [5.41, 5.74) is 6.81. The SMILES string of the molecule is COc1cc(/C=N/Nc2ccc(C)c(Cl)c2)cc([N+](=O)[O-])c1OCc1ccc(C)cc1. The molecule has 3 aromatic carbocycles. The van der Waals surface area contributed by atoms with Gasteiger partial charge in [-0.15, -0.1) is 0 Å². The van der Waals surface area contributed by atoms with E-state index in [2.05, 4.69) is 10.5 Å². The average molecular weight is 440 g/mol. The smallest absolute Gasteiger partial charge is 0.315 e. The molecular weight excluding hydrogens is 418 g/mol. The van der Waals surface area contributed by atoms with Gasteiger partial charge in [-0.1, -0.05) is 47.5 Å². The summed E-state index contributed by atoms with van der Waals surface area (Å²) in [5, 5.41) is 16.4. The lowest BCUT2D eigenvalue weighted by atomic mass is 10.1. The van der Waals surface area contributed by atoms with Crippen LogP contribution in [-0.2, 0) is 6.61 Å². The van der Waals surface area contributed by atoms with Crippen LogP contribution in [0, 0.1) is 24.0 Å². The van der Waals surface area contributed by atoms with E-state index in [1.165, 1.54) is 19.4 Å². The first-order valence-electron chi connectivity index (χ1n) is 9.47. The van der Waals surface area contributed by atoms with Gasteiger partial charge in [0.2, 0.25) is 5.75 Å². The van der Waals surface area contributed by atoms with Crippen molar-refractivity contribution in [1.29, 1.82) is 0 Å². The molecule has 0 amide bonds. The normalized spacial score (nSPS) is 10.8. The molecule has 8 heteroatoms. The van der Waals surface area contributed by atoms with Crippen molar-refractivity contribution in [3.8, 4) is 11.5 Å². The van der Waals surface area contributed by atoms with Crippen molar-refractivity contribution < 1.29 is 14.4 Å². The number of nitro groups is 1. The number of benzene rings is 3. The van der Waals surface area contributed by atoms with Crippen molar-refractivity contribution in [2.45, 2.75) is 20.5 Å². The molecule has 7 nitrogen and oxygen atoms in total. The molecule has 0 radical (unpaired) electrons. The molecule has 1 N–H and O–H groups in total. The van der Waals surface area contributed by atoms with Crippen molar-refractivity contribution in [2.75, 3.05) is 12.5 Å². The van der Waals surface area contributed by atoms with E-state index in [1.807, 2.05) is 50.2 Å². The number of anilines is 1. The molecule has 160 valence electrons. The van der Waals surface area contributed by atoms with Crippen LogP contribution >= 0.6 is 11.6 Å². The molecule has 3 aromatic rings. The summed E-state index contributed by atoms with van der Waals surface area (Å²) in [6, 6.07) is 16.2. The number of nitrogens with zero attached hydrogens (tertiary/aromatic N) is 2.